The van der Waals surface area contributed by atoms with Crippen molar-refractivity contribution in [1.29, 1.82) is 0 Å². The molecule has 0 saturated heterocycles. The highest BCUT2D eigenvalue weighted by atomic mass is 32.2. The normalized spacial score (nSPS) is 23.1. The summed E-state index contributed by atoms with van der Waals surface area (Å²) in [6, 6.07) is 10.4. The number of aliphatic hydroxyl groups is 1. The van der Waals surface area contributed by atoms with Gasteiger partial charge < -0.3 is 9.84 Å². The molecule has 182 valence electrons. The molecule has 0 unspecified atom stereocenters. The van der Waals surface area contributed by atoms with Crippen LogP contribution >= 0.6 is 0 Å². The first-order valence-corrected chi connectivity index (χ1v) is 13.3. The molecule has 2 heterocycles. The van der Waals surface area contributed by atoms with Crippen molar-refractivity contribution in [2.24, 2.45) is 11.8 Å². The highest BCUT2D eigenvalue weighted by Crippen LogP contribution is 2.34. The Morgan fingerprint density at radius 2 is 2.09 bits per heavy atom. The molecule has 1 saturated carbocycles. The van der Waals surface area contributed by atoms with Crippen LogP contribution in [-0.2, 0) is 16.6 Å². The van der Waals surface area contributed by atoms with E-state index >= 15 is 0 Å². The average molecular weight is 484 g/mol. The van der Waals surface area contributed by atoms with E-state index in [4.69, 9.17) is 4.74 Å². The van der Waals surface area contributed by atoms with Crippen molar-refractivity contribution in [3.8, 4) is 17.6 Å². The number of hydrogen-bond acceptors (Lipinski definition) is 6. The van der Waals surface area contributed by atoms with Crippen LogP contribution in [0.3, 0.4) is 0 Å². The third-order valence-corrected chi connectivity index (χ3v) is 8.33. The van der Waals surface area contributed by atoms with Gasteiger partial charge >= 0.3 is 0 Å². The maximum absolute atomic E-state index is 13.6. The molecule has 1 aliphatic carbocycles. The lowest BCUT2D eigenvalue weighted by Crippen LogP contribution is -2.49. The highest BCUT2D eigenvalue weighted by molar-refractivity contribution is 7.89. The number of sulfonamides is 1. The summed E-state index contributed by atoms with van der Waals surface area (Å²) in [5.41, 5.74) is 1.70. The van der Waals surface area contributed by atoms with Crippen molar-refractivity contribution in [3.63, 3.8) is 0 Å². The second-order valence-corrected chi connectivity index (χ2v) is 11.3. The molecule has 1 aliphatic heterocycles. The SMILES string of the molecule is C[C@H](CO)N1C[C@H](C)[C@H](CN(C)Cc2ccccn2)Oc2cc(C#CC3CC3)ccc2S1(=O)=O. The standard InChI is InChI=1S/C26H33N3O4S/c1-19-15-29(20(2)18-30)34(31,32)26-12-11-22(10-9-21-7-8-21)14-24(26)33-25(19)17-28(3)16-23-6-4-5-13-27-23/h4-6,11-14,19-21,25,30H,7-8,15-18H2,1-3H3/t19-,20+,25-/m0/s1. The van der Waals surface area contributed by atoms with Gasteiger partial charge in [0.05, 0.1) is 12.3 Å². The van der Waals surface area contributed by atoms with Gasteiger partial charge in [-0.1, -0.05) is 24.8 Å². The predicted octanol–water partition coefficient (Wildman–Crippen LogP) is 2.74. The summed E-state index contributed by atoms with van der Waals surface area (Å²) in [5, 5.41) is 9.79. The Bertz CT molecular complexity index is 1160. The molecule has 1 N–H and O–H groups in total. The number of ether oxygens (including phenoxy) is 1. The number of benzene rings is 1. The summed E-state index contributed by atoms with van der Waals surface area (Å²) < 4.78 is 34.9. The Balaban J connectivity index is 1.66. The van der Waals surface area contributed by atoms with Crippen molar-refractivity contribution in [2.45, 2.75) is 50.3 Å². The summed E-state index contributed by atoms with van der Waals surface area (Å²) in [6.07, 6.45) is 3.76. The summed E-state index contributed by atoms with van der Waals surface area (Å²) in [6.45, 7) is 4.97. The van der Waals surface area contributed by atoms with Crippen LogP contribution in [0, 0.1) is 23.7 Å². The van der Waals surface area contributed by atoms with Crippen molar-refractivity contribution < 1.29 is 18.3 Å². The number of rotatable bonds is 6. The second kappa shape index (κ2) is 10.4. The molecule has 1 aromatic heterocycles. The molecule has 2 aromatic rings. The van der Waals surface area contributed by atoms with Crippen molar-refractivity contribution in [1.82, 2.24) is 14.2 Å². The lowest BCUT2D eigenvalue weighted by Gasteiger charge is -2.37. The number of aromatic nitrogens is 1. The molecule has 3 atom stereocenters. The molecular formula is C26H33N3O4S. The minimum Gasteiger partial charge on any atom is -0.487 e. The molecule has 0 radical (unpaired) electrons. The van der Waals surface area contributed by atoms with Crippen molar-refractivity contribution in [2.75, 3.05) is 26.7 Å². The predicted molar refractivity (Wildman–Crippen MR) is 131 cm³/mol. The fraction of sp³-hybridized carbons (Fsp3) is 0.500. The van der Waals surface area contributed by atoms with Crippen LogP contribution in [0.4, 0.5) is 0 Å². The van der Waals surface area contributed by atoms with E-state index in [0.29, 0.717) is 24.8 Å². The molecule has 0 amide bonds. The van der Waals surface area contributed by atoms with Crippen LogP contribution in [0.2, 0.25) is 0 Å². The van der Waals surface area contributed by atoms with E-state index < -0.39 is 16.1 Å². The van der Waals surface area contributed by atoms with Crippen LogP contribution in [0.1, 0.15) is 37.9 Å². The van der Waals surface area contributed by atoms with Gasteiger partial charge in [-0.2, -0.15) is 4.31 Å². The number of pyridine rings is 1. The van der Waals surface area contributed by atoms with E-state index in [1.54, 1.807) is 31.3 Å². The highest BCUT2D eigenvalue weighted by Gasteiger charge is 2.38. The summed E-state index contributed by atoms with van der Waals surface area (Å²) in [5.74, 6) is 7.06. The Morgan fingerprint density at radius 1 is 1.29 bits per heavy atom. The third-order valence-electron chi connectivity index (χ3n) is 6.31. The van der Waals surface area contributed by atoms with Gasteiger partial charge in [0.15, 0.2) is 0 Å². The minimum atomic E-state index is -3.85. The topological polar surface area (TPSA) is 83.0 Å². The molecule has 1 aromatic carbocycles. The van der Waals surface area contributed by atoms with Gasteiger partial charge in [0, 0.05) is 49.3 Å². The number of nitrogens with zero attached hydrogens (tertiary/aromatic N) is 3. The monoisotopic (exact) mass is 483 g/mol. The Labute approximate surface area is 202 Å². The molecular weight excluding hydrogens is 450 g/mol. The zero-order valence-corrected chi connectivity index (χ0v) is 20.8. The van der Waals surface area contributed by atoms with Gasteiger partial charge in [-0.25, -0.2) is 8.42 Å². The molecule has 4 rings (SSSR count). The molecule has 7 nitrogen and oxygen atoms in total. The molecule has 2 aliphatic rings. The van der Waals surface area contributed by atoms with Crippen molar-refractivity contribution in [3.05, 3.63) is 53.9 Å². The Morgan fingerprint density at radius 3 is 2.76 bits per heavy atom. The molecule has 34 heavy (non-hydrogen) atoms. The van der Waals surface area contributed by atoms with Gasteiger partial charge in [0.1, 0.15) is 16.7 Å². The van der Waals surface area contributed by atoms with Gasteiger partial charge in [-0.05, 0) is 57.1 Å². The summed E-state index contributed by atoms with van der Waals surface area (Å²) >= 11 is 0. The van der Waals surface area contributed by atoms with Crippen LogP contribution in [0.15, 0.2) is 47.5 Å². The van der Waals surface area contributed by atoms with E-state index in [9.17, 15) is 13.5 Å². The van der Waals surface area contributed by atoms with Crippen LogP contribution in [0.25, 0.3) is 0 Å². The number of hydrogen-bond donors (Lipinski definition) is 1. The number of fused-ring (bicyclic) bond motifs is 1. The van der Waals surface area contributed by atoms with E-state index in [2.05, 4.69) is 21.7 Å². The summed E-state index contributed by atoms with van der Waals surface area (Å²) in [7, 11) is -1.84. The van der Waals surface area contributed by atoms with Gasteiger partial charge in [0.25, 0.3) is 0 Å². The van der Waals surface area contributed by atoms with Crippen LogP contribution in [-0.4, -0.2) is 66.6 Å². The van der Waals surface area contributed by atoms with Crippen LogP contribution in [0.5, 0.6) is 5.75 Å². The lowest BCUT2D eigenvalue weighted by molar-refractivity contribution is 0.0730. The fourth-order valence-corrected chi connectivity index (χ4v) is 5.90. The first kappa shape index (κ1) is 24.7. The fourth-order valence-electron chi connectivity index (χ4n) is 4.07. The molecule has 0 spiro atoms. The number of likely N-dealkylation sites (N-methyl/N-ethyl adjacent to an activating group) is 1. The summed E-state index contributed by atoms with van der Waals surface area (Å²) in [4.78, 5) is 6.66. The van der Waals surface area contributed by atoms with E-state index in [1.807, 2.05) is 32.2 Å². The van der Waals surface area contributed by atoms with Crippen molar-refractivity contribution >= 4 is 10.0 Å². The quantitative estimate of drug-likeness (QED) is 0.637. The zero-order valence-electron chi connectivity index (χ0n) is 20.0. The van der Waals surface area contributed by atoms with Crippen LogP contribution < -0.4 is 4.74 Å². The zero-order chi connectivity index (χ0) is 24.3. The molecule has 1 fully saturated rings. The third kappa shape index (κ3) is 5.78. The maximum Gasteiger partial charge on any atom is 0.247 e. The largest absolute Gasteiger partial charge is 0.487 e. The smallest absolute Gasteiger partial charge is 0.247 e. The first-order chi connectivity index (χ1) is 16.3. The van der Waals surface area contributed by atoms with E-state index in [0.717, 1.165) is 24.1 Å². The Hall–Kier alpha value is -2.44. The lowest BCUT2D eigenvalue weighted by atomic mass is 10.0. The second-order valence-electron chi connectivity index (χ2n) is 9.46. The maximum atomic E-state index is 13.6. The minimum absolute atomic E-state index is 0.107. The average Bonchev–Trinajstić information content (AvgIpc) is 3.64. The van der Waals surface area contributed by atoms with E-state index in [1.165, 1.54) is 4.31 Å². The van der Waals surface area contributed by atoms with Gasteiger partial charge in [0.2, 0.25) is 10.0 Å². The van der Waals surface area contributed by atoms with E-state index in [-0.39, 0.29) is 30.1 Å². The number of aliphatic hydroxyl groups excluding tert-OH is 1. The Kier molecular flexibility index (Phi) is 7.58. The first-order valence-electron chi connectivity index (χ1n) is 11.8. The van der Waals surface area contributed by atoms with Gasteiger partial charge in [-0.15, -0.1) is 0 Å². The molecule has 0 bridgehead atoms. The van der Waals surface area contributed by atoms with Gasteiger partial charge in [-0.3, -0.25) is 9.88 Å². The molecule has 8 heteroatoms.